The molecule has 0 unspecified atom stereocenters. The molecule has 1 N–H and O–H groups in total. The number of aliphatic carboxylic acids is 1. The Kier molecular flexibility index (Phi) is 6.61. The fourth-order valence-electron chi connectivity index (χ4n) is 5.12. The van der Waals surface area contributed by atoms with Crippen LogP contribution in [0.25, 0.3) is 17.1 Å². The lowest BCUT2D eigenvalue weighted by Crippen LogP contribution is -2.12. The SMILES string of the molecule is CC(/C=C/c1nc2cccc(C3CCCCC3)c2nc1C1CCCCC1)=C\C(=O)O. The zero-order valence-corrected chi connectivity index (χ0v) is 17.9. The first-order valence-corrected chi connectivity index (χ1v) is 11.5. The first-order valence-electron chi connectivity index (χ1n) is 11.5. The largest absolute Gasteiger partial charge is 0.478 e. The smallest absolute Gasteiger partial charge is 0.328 e. The minimum absolute atomic E-state index is 0.443. The van der Waals surface area contributed by atoms with E-state index >= 15 is 0 Å². The van der Waals surface area contributed by atoms with E-state index in [0.29, 0.717) is 17.4 Å². The maximum Gasteiger partial charge on any atom is 0.328 e. The number of benzene rings is 1. The molecule has 4 nitrogen and oxygen atoms in total. The van der Waals surface area contributed by atoms with E-state index in [1.165, 1.54) is 63.0 Å². The van der Waals surface area contributed by atoms with Gasteiger partial charge < -0.3 is 5.11 Å². The van der Waals surface area contributed by atoms with E-state index < -0.39 is 5.97 Å². The highest BCUT2D eigenvalue weighted by atomic mass is 16.4. The Labute approximate surface area is 179 Å². The first-order chi connectivity index (χ1) is 14.6. The molecule has 1 aromatic heterocycles. The zero-order valence-electron chi connectivity index (χ0n) is 17.9. The Morgan fingerprint density at radius 2 is 1.63 bits per heavy atom. The monoisotopic (exact) mass is 404 g/mol. The van der Waals surface area contributed by atoms with Gasteiger partial charge in [0, 0.05) is 12.0 Å². The van der Waals surface area contributed by atoms with Crippen LogP contribution in [0, 0.1) is 0 Å². The molecule has 1 heterocycles. The summed E-state index contributed by atoms with van der Waals surface area (Å²) in [5.41, 5.74) is 6.11. The summed E-state index contributed by atoms with van der Waals surface area (Å²) < 4.78 is 0. The highest BCUT2D eigenvalue weighted by Crippen LogP contribution is 2.38. The van der Waals surface area contributed by atoms with Gasteiger partial charge in [-0.15, -0.1) is 0 Å². The Bertz CT molecular complexity index is 964. The third kappa shape index (κ3) is 4.80. The molecule has 2 fully saturated rings. The Hall–Kier alpha value is -2.49. The summed E-state index contributed by atoms with van der Waals surface area (Å²) in [7, 11) is 0. The van der Waals surface area contributed by atoms with Crippen molar-refractivity contribution in [1.29, 1.82) is 0 Å². The Morgan fingerprint density at radius 3 is 2.30 bits per heavy atom. The van der Waals surface area contributed by atoms with Crippen molar-refractivity contribution in [1.82, 2.24) is 9.97 Å². The number of allylic oxidation sites excluding steroid dienone is 2. The van der Waals surface area contributed by atoms with Crippen molar-refractivity contribution >= 4 is 23.1 Å². The van der Waals surface area contributed by atoms with Gasteiger partial charge in [0.05, 0.1) is 22.4 Å². The van der Waals surface area contributed by atoms with Crippen LogP contribution in [0.3, 0.4) is 0 Å². The number of carboxylic acids is 1. The van der Waals surface area contributed by atoms with Crippen LogP contribution in [0.15, 0.2) is 35.9 Å². The molecule has 4 heteroatoms. The summed E-state index contributed by atoms with van der Waals surface area (Å²) in [6.07, 6.45) is 17.6. The molecule has 2 aliphatic carbocycles. The molecule has 0 amide bonds. The van der Waals surface area contributed by atoms with Crippen molar-refractivity contribution in [2.24, 2.45) is 0 Å². The molecule has 0 saturated heterocycles. The van der Waals surface area contributed by atoms with Crippen LogP contribution < -0.4 is 0 Å². The maximum atomic E-state index is 11.0. The molecule has 30 heavy (non-hydrogen) atoms. The predicted octanol–water partition coefficient (Wildman–Crippen LogP) is 6.77. The second-order valence-electron chi connectivity index (χ2n) is 8.94. The van der Waals surface area contributed by atoms with Gasteiger partial charge in [-0.3, -0.25) is 0 Å². The minimum Gasteiger partial charge on any atom is -0.478 e. The second-order valence-corrected chi connectivity index (χ2v) is 8.94. The molecule has 0 atom stereocenters. The third-order valence-corrected chi connectivity index (χ3v) is 6.67. The summed E-state index contributed by atoms with van der Waals surface area (Å²) in [5.74, 6) is 0.114. The van der Waals surface area contributed by atoms with Gasteiger partial charge in [0.25, 0.3) is 0 Å². The summed E-state index contributed by atoms with van der Waals surface area (Å²) in [6.45, 7) is 1.81. The quantitative estimate of drug-likeness (QED) is 0.441. The summed E-state index contributed by atoms with van der Waals surface area (Å²) >= 11 is 0. The van der Waals surface area contributed by atoms with E-state index in [4.69, 9.17) is 15.1 Å². The van der Waals surface area contributed by atoms with Gasteiger partial charge in [-0.2, -0.15) is 0 Å². The number of rotatable bonds is 5. The molecule has 2 aromatic rings. The van der Waals surface area contributed by atoms with Crippen LogP contribution in [-0.2, 0) is 4.79 Å². The molecule has 0 bridgehead atoms. The zero-order chi connectivity index (χ0) is 20.9. The van der Waals surface area contributed by atoms with E-state index in [2.05, 4.69) is 18.2 Å². The number of aromatic nitrogens is 2. The van der Waals surface area contributed by atoms with E-state index in [1.54, 1.807) is 6.92 Å². The highest BCUT2D eigenvalue weighted by molar-refractivity contribution is 5.82. The van der Waals surface area contributed by atoms with Crippen LogP contribution in [0.2, 0.25) is 0 Å². The molecule has 0 radical (unpaired) electrons. The standard InChI is InChI=1S/C26H32N2O2/c1-18(17-24(29)30)15-16-23-25(20-11-6-3-7-12-20)28-26-21(13-8-14-22(26)27-23)19-9-4-2-5-10-19/h8,13-17,19-20H,2-7,9-12H2,1H3,(H,29,30)/b16-15+,18-17+. The topological polar surface area (TPSA) is 63.1 Å². The Morgan fingerprint density at radius 1 is 0.967 bits per heavy atom. The molecule has 158 valence electrons. The molecule has 2 saturated carbocycles. The Balaban J connectivity index is 1.79. The van der Waals surface area contributed by atoms with Gasteiger partial charge in [0.2, 0.25) is 0 Å². The van der Waals surface area contributed by atoms with Crippen LogP contribution >= 0.6 is 0 Å². The van der Waals surface area contributed by atoms with Gasteiger partial charge in [0.15, 0.2) is 0 Å². The number of carboxylic acid groups (broad SMARTS) is 1. The van der Waals surface area contributed by atoms with E-state index in [1.807, 2.05) is 12.2 Å². The molecule has 0 spiro atoms. The average Bonchev–Trinajstić information content (AvgIpc) is 2.77. The number of para-hydroxylation sites is 1. The number of hydrogen-bond acceptors (Lipinski definition) is 3. The van der Waals surface area contributed by atoms with E-state index in [9.17, 15) is 4.79 Å². The predicted molar refractivity (Wildman–Crippen MR) is 122 cm³/mol. The van der Waals surface area contributed by atoms with Crippen LogP contribution in [0.5, 0.6) is 0 Å². The van der Waals surface area contributed by atoms with Crippen molar-refractivity contribution in [2.75, 3.05) is 0 Å². The number of carbonyl (C=O) groups is 1. The normalized spacial score (nSPS) is 19.6. The summed E-state index contributed by atoms with van der Waals surface area (Å²) in [6, 6.07) is 6.44. The van der Waals surface area contributed by atoms with Crippen LogP contribution in [0.4, 0.5) is 0 Å². The first kappa shape index (κ1) is 20.8. The van der Waals surface area contributed by atoms with Crippen molar-refractivity contribution in [3.05, 3.63) is 52.9 Å². The van der Waals surface area contributed by atoms with Gasteiger partial charge in [-0.05, 0) is 61.8 Å². The fourth-order valence-corrected chi connectivity index (χ4v) is 5.12. The second kappa shape index (κ2) is 9.55. The lowest BCUT2D eigenvalue weighted by atomic mass is 9.83. The fraction of sp³-hybridized carbons (Fsp3) is 0.500. The molecular weight excluding hydrogens is 372 g/mol. The number of hydrogen-bond donors (Lipinski definition) is 1. The number of fused-ring (bicyclic) bond motifs is 1. The molecule has 0 aliphatic heterocycles. The van der Waals surface area contributed by atoms with Crippen LogP contribution in [-0.4, -0.2) is 21.0 Å². The van der Waals surface area contributed by atoms with Gasteiger partial charge in [-0.1, -0.05) is 56.7 Å². The van der Waals surface area contributed by atoms with Crippen LogP contribution in [0.1, 0.15) is 99.9 Å². The maximum absolute atomic E-state index is 11.0. The lowest BCUT2D eigenvalue weighted by molar-refractivity contribution is -0.131. The van der Waals surface area contributed by atoms with Crippen molar-refractivity contribution in [2.45, 2.75) is 83.0 Å². The third-order valence-electron chi connectivity index (χ3n) is 6.67. The van der Waals surface area contributed by atoms with Crippen molar-refractivity contribution in [3.63, 3.8) is 0 Å². The molecule has 4 rings (SSSR count). The van der Waals surface area contributed by atoms with E-state index in [-0.39, 0.29) is 0 Å². The molecule has 2 aliphatic rings. The van der Waals surface area contributed by atoms with E-state index in [0.717, 1.165) is 35.3 Å². The molecule has 1 aromatic carbocycles. The molecular formula is C26H32N2O2. The van der Waals surface area contributed by atoms with Gasteiger partial charge in [0.1, 0.15) is 0 Å². The lowest BCUT2D eigenvalue weighted by Gasteiger charge is -2.25. The summed E-state index contributed by atoms with van der Waals surface area (Å²) in [5, 5.41) is 9.00. The van der Waals surface area contributed by atoms with Gasteiger partial charge >= 0.3 is 5.97 Å². The minimum atomic E-state index is -0.925. The number of nitrogens with zero attached hydrogens (tertiary/aromatic N) is 2. The average molecular weight is 405 g/mol. The highest BCUT2D eigenvalue weighted by Gasteiger charge is 2.23. The van der Waals surface area contributed by atoms with Crippen molar-refractivity contribution in [3.8, 4) is 0 Å². The summed E-state index contributed by atoms with van der Waals surface area (Å²) in [4.78, 5) is 21.3. The van der Waals surface area contributed by atoms with Gasteiger partial charge in [-0.25, -0.2) is 14.8 Å². The van der Waals surface area contributed by atoms with Crippen molar-refractivity contribution < 1.29 is 9.90 Å².